The molecule has 102 valence electrons. The van der Waals surface area contributed by atoms with Crippen molar-refractivity contribution in [3.63, 3.8) is 0 Å². The molecule has 4 N–H and O–H groups in total. The number of hydrogen-bond acceptors (Lipinski definition) is 3. The summed E-state index contributed by atoms with van der Waals surface area (Å²) in [5.41, 5.74) is 5.90. The topological polar surface area (TPSA) is 84.2 Å². The highest BCUT2D eigenvalue weighted by atomic mass is 35.5. The number of primary amides is 1. The number of carbonyl (C=O) groups excluding carboxylic acids is 2. The average Bonchev–Trinajstić information content (AvgIpc) is 3.15. The van der Waals surface area contributed by atoms with Crippen LogP contribution in [0.15, 0.2) is 18.2 Å². The lowest BCUT2D eigenvalue weighted by atomic mass is 10.2. The molecule has 0 bridgehead atoms. The van der Waals surface area contributed by atoms with E-state index < -0.39 is 5.91 Å². The molecule has 2 amide bonds. The van der Waals surface area contributed by atoms with Gasteiger partial charge >= 0.3 is 0 Å². The van der Waals surface area contributed by atoms with Crippen LogP contribution in [0, 0.1) is 5.92 Å². The van der Waals surface area contributed by atoms with Gasteiger partial charge in [0, 0.05) is 5.69 Å². The van der Waals surface area contributed by atoms with Gasteiger partial charge in [-0.25, -0.2) is 0 Å². The van der Waals surface area contributed by atoms with E-state index in [1.54, 1.807) is 6.07 Å². The molecule has 1 fully saturated rings. The summed E-state index contributed by atoms with van der Waals surface area (Å²) in [5.74, 6) is -0.0452. The lowest BCUT2D eigenvalue weighted by Gasteiger charge is -2.08. The van der Waals surface area contributed by atoms with Crippen molar-refractivity contribution in [2.45, 2.75) is 12.8 Å². The molecule has 1 aliphatic carbocycles. The first-order valence-corrected chi connectivity index (χ1v) is 6.54. The zero-order valence-corrected chi connectivity index (χ0v) is 11.2. The van der Waals surface area contributed by atoms with Crippen LogP contribution < -0.4 is 16.4 Å². The number of benzene rings is 1. The van der Waals surface area contributed by atoms with Gasteiger partial charge in [0.2, 0.25) is 11.8 Å². The fourth-order valence-corrected chi connectivity index (χ4v) is 1.92. The minimum Gasteiger partial charge on any atom is -0.366 e. The molecule has 0 saturated heterocycles. The van der Waals surface area contributed by atoms with Crippen molar-refractivity contribution in [1.82, 2.24) is 5.32 Å². The molecule has 0 radical (unpaired) electrons. The number of rotatable bonds is 6. The quantitative estimate of drug-likeness (QED) is 0.736. The molecule has 0 aliphatic heterocycles. The van der Waals surface area contributed by atoms with Crippen LogP contribution in [0.3, 0.4) is 0 Å². The van der Waals surface area contributed by atoms with Crippen molar-refractivity contribution in [2.75, 3.05) is 18.4 Å². The summed E-state index contributed by atoms with van der Waals surface area (Å²) >= 11 is 5.83. The molecule has 1 aliphatic rings. The predicted octanol–water partition coefficient (Wildman–Crippen LogP) is 1.38. The van der Waals surface area contributed by atoms with Crippen molar-refractivity contribution in [3.8, 4) is 0 Å². The van der Waals surface area contributed by atoms with Crippen LogP contribution in [0.4, 0.5) is 5.69 Å². The maximum atomic E-state index is 11.7. The molecule has 5 nitrogen and oxygen atoms in total. The first-order valence-electron chi connectivity index (χ1n) is 6.16. The second kappa shape index (κ2) is 6.04. The van der Waals surface area contributed by atoms with E-state index in [9.17, 15) is 9.59 Å². The summed E-state index contributed by atoms with van der Waals surface area (Å²) in [6.07, 6.45) is 2.49. The third-order valence-electron chi connectivity index (χ3n) is 2.93. The van der Waals surface area contributed by atoms with Gasteiger partial charge in [-0.05, 0) is 43.5 Å². The van der Waals surface area contributed by atoms with Gasteiger partial charge in [-0.1, -0.05) is 11.6 Å². The summed E-state index contributed by atoms with van der Waals surface area (Å²) in [6.45, 7) is 1.13. The lowest BCUT2D eigenvalue weighted by Crippen LogP contribution is -2.29. The van der Waals surface area contributed by atoms with E-state index in [0.717, 1.165) is 12.5 Å². The van der Waals surface area contributed by atoms with Crippen LogP contribution >= 0.6 is 11.6 Å². The number of amides is 2. The van der Waals surface area contributed by atoms with Crippen molar-refractivity contribution in [3.05, 3.63) is 28.8 Å². The number of halogens is 1. The van der Waals surface area contributed by atoms with E-state index in [4.69, 9.17) is 17.3 Å². The van der Waals surface area contributed by atoms with Crippen LogP contribution in [0.1, 0.15) is 23.2 Å². The Morgan fingerprint density at radius 3 is 2.74 bits per heavy atom. The summed E-state index contributed by atoms with van der Waals surface area (Å²) < 4.78 is 0. The molecule has 0 atom stereocenters. The molecular formula is C13H16ClN3O2. The summed E-state index contributed by atoms with van der Waals surface area (Å²) in [6, 6.07) is 4.64. The van der Waals surface area contributed by atoms with Crippen LogP contribution in [0.2, 0.25) is 5.02 Å². The Labute approximate surface area is 116 Å². The Bertz CT molecular complexity index is 501. The maximum absolute atomic E-state index is 11.7. The number of anilines is 1. The number of carbonyl (C=O) groups is 2. The molecule has 19 heavy (non-hydrogen) atoms. The fourth-order valence-electron chi connectivity index (χ4n) is 1.71. The van der Waals surface area contributed by atoms with E-state index >= 15 is 0 Å². The molecule has 6 heteroatoms. The van der Waals surface area contributed by atoms with Gasteiger partial charge in [0.15, 0.2) is 0 Å². The van der Waals surface area contributed by atoms with Crippen LogP contribution in [0.5, 0.6) is 0 Å². The fraction of sp³-hybridized carbons (Fsp3) is 0.385. The maximum Gasteiger partial charge on any atom is 0.250 e. The SMILES string of the molecule is NC(=O)c1cc(NC(=O)CNCC2CC2)ccc1Cl. The van der Waals surface area contributed by atoms with E-state index in [0.29, 0.717) is 5.69 Å². The van der Waals surface area contributed by atoms with E-state index in [1.165, 1.54) is 25.0 Å². The average molecular weight is 282 g/mol. The van der Waals surface area contributed by atoms with E-state index in [-0.39, 0.29) is 23.0 Å². The molecule has 1 aromatic rings. The largest absolute Gasteiger partial charge is 0.366 e. The normalized spacial score (nSPS) is 14.2. The zero-order valence-electron chi connectivity index (χ0n) is 10.4. The zero-order chi connectivity index (χ0) is 13.8. The third kappa shape index (κ3) is 4.22. The van der Waals surface area contributed by atoms with Gasteiger partial charge in [-0.3, -0.25) is 9.59 Å². The molecule has 0 aromatic heterocycles. The second-order valence-electron chi connectivity index (χ2n) is 4.68. The molecule has 0 heterocycles. The molecular weight excluding hydrogens is 266 g/mol. The highest BCUT2D eigenvalue weighted by Gasteiger charge is 2.20. The van der Waals surface area contributed by atoms with Gasteiger partial charge in [0.05, 0.1) is 17.1 Å². The molecule has 0 unspecified atom stereocenters. The highest BCUT2D eigenvalue weighted by molar-refractivity contribution is 6.33. The smallest absolute Gasteiger partial charge is 0.250 e. The highest BCUT2D eigenvalue weighted by Crippen LogP contribution is 2.27. The lowest BCUT2D eigenvalue weighted by molar-refractivity contribution is -0.115. The Morgan fingerprint density at radius 1 is 1.37 bits per heavy atom. The van der Waals surface area contributed by atoms with Crippen LogP contribution in [-0.2, 0) is 4.79 Å². The van der Waals surface area contributed by atoms with E-state index in [2.05, 4.69) is 10.6 Å². The molecule has 1 aromatic carbocycles. The predicted molar refractivity (Wildman–Crippen MR) is 74.2 cm³/mol. The number of nitrogens with one attached hydrogen (secondary N) is 2. The standard InChI is InChI=1S/C13H16ClN3O2/c14-11-4-3-9(5-10(11)13(15)19)17-12(18)7-16-6-8-1-2-8/h3-5,8,16H,1-2,6-7H2,(H2,15,19)(H,17,18). The van der Waals surface area contributed by atoms with E-state index in [1.807, 2.05) is 0 Å². The van der Waals surface area contributed by atoms with Crippen molar-refractivity contribution < 1.29 is 9.59 Å². The molecule has 1 saturated carbocycles. The summed E-state index contributed by atoms with van der Waals surface area (Å²) in [7, 11) is 0. The van der Waals surface area contributed by atoms with Crippen molar-refractivity contribution in [2.24, 2.45) is 11.7 Å². The third-order valence-corrected chi connectivity index (χ3v) is 3.26. The molecule has 0 spiro atoms. The van der Waals surface area contributed by atoms with Crippen molar-refractivity contribution >= 4 is 29.1 Å². The second-order valence-corrected chi connectivity index (χ2v) is 5.09. The Kier molecular flexibility index (Phi) is 4.39. The summed E-state index contributed by atoms with van der Waals surface area (Å²) in [5, 5.41) is 6.05. The Balaban J connectivity index is 1.88. The Morgan fingerprint density at radius 2 is 2.11 bits per heavy atom. The number of hydrogen-bond donors (Lipinski definition) is 3. The van der Waals surface area contributed by atoms with Crippen molar-refractivity contribution in [1.29, 1.82) is 0 Å². The minimum atomic E-state index is -0.618. The van der Waals surface area contributed by atoms with Gasteiger partial charge in [0.25, 0.3) is 0 Å². The number of nitrogens with two attached hydrogens (primary N) is 1. The summed E-state index contributed by atoms with van der Waals surface area (Å²) in [4.78, 5) is 22.8. The first-order chi connectivity index (χ1) is 9.06. The van der Waals surface area contributed by atoms with Crippen LogP contribution in [-0.4, -0.2) is 24.9 Å². The molecule has 2 rings (SSSR count). The van der Waals surface area contributed by atoms with Crippen LogP contribution in [0.25, 0.3) is 0 Å². The Hall–Kier alpha value is -1.59. The first kappa shape index (κ1) is 13.8. The van der Waals surface area contributed by atoms with Gasteiger partial charge in [-0.15, -0.1) is 0 Å². The van der Waals surface area contributed by atoms with Gasteiger partial charge < -0.3 is 16.4 Å². The van der Waals surface area contributed by atoms with Gasteiger partial charge in [-0.2, -0.15) is 0 Å². The minimum absolute atomic E-state index is 0.154. The monoisotopic (exact) mass is 281 g/mol. The van der Waals surface area contributed by atoms with Gasteiger partial charge in [0.1, 0.15) is 0 Å².